The molecule has 8 nitrogen and oxygen atoms in total. The molecule has 9 heteroatoms. The van der Waals surface area contributed by atoms with Gasteiger partial charge < -0.3 is 15.0 Å². The van der Waals surface area contributed by atoms with Crippen molar-refractivity contribution in [2.75, 3.05) is 31.4 Å². The molecule has 0 radical (unpaired) electrons. The second-order valence-corrected chi connectivity index (χ2v) is 10.8. The summed E-state index contributed by atoms with van der Waals surface area (Å²) in [5.41, 5.74) is 1.65. The molecule has 0 saturated heterocycles. The van der Waals surface area contributed by atoms with Crippen molar-refractivity contribution in [1.29, 1.82) is 0 Å². The number of sulfonamides is 1. The molecule has 1 aliphatic carbocycles. The second-order valence-electron chi connectivity index (χ2n) is 8.82. The molecule has 2 aromatic rings. The molecule has 1 aliphatic rings. The third-order valence-corrected chi connectivity index (χ3v) is 8.05. The van der Waals surface area contributed by atoms with Gasteiger partial charge in [0.25, 0.3) is 5.91 Å². The number of amides is 1. The number of carbonyl (C=O) groups excluding carboxylic acids is 2. The summed E-state index contributed by atoms with van der Waals surface area (Å²) in [5, 5.41) is 2.71. The fourth-order valence-corrected chi connectivity index (χ4v) is 5.42. The number of rotatable bonds is 8. The molecule has 1 amide bonds. The Bertz CT molecular complexity index is 1110. The van der Waals surface area contributed by atoms with Crippen LogP contribution in [0, 0.1) is 0 Å². The van der Waals surface area contributed by atoms with E-state index >= 15 is 0 Å². The Hall–Kier alpha value is -2.91. The first kappa shape index (κ1) is 25.7. The van der Waals surface area contributed by atoms with Gasteiger partial charge in [-0.3, -0.25) is 4.79 Å². The summed E-state index contributed by atoms with van der Waals surface area (Å²) < 4.78 is 32.9. The van der Waals surface area contributed by atoms with Gasteiger partial charge in [0.1, 0.15) is 0 Å². The molecule has 0 unspecified atom stereocenters. The Morgan fingerprint density at radius 2 is 1.65 bits per heavy atom. The highest BCUT2D eigenvalue weighted by atomic mass is 32.2. The molecule has 0 aliphatic heterocycles. The van der Waals surface area contributed by atoms with Crippen LogP contribution in [0.25, 0.3) is 0 Å². The molecule has 0 heterocycles. The minimum atomic E-state index is -3.75. The average molecular weight is 488 g/mol. The zero-order valence-electron chi connectivity index (χ0n) is 20.2. The van der Waals surface area contributed by atoms with E-state index in [9.17, 15) is 18.0 Å². The third kappa shape index (κ3) is 6.15. The molecule has 1 saturated carbocycles. The van der Waals surface area contributed by atoms with E-state index in [0.29, 0.717) is 5.69 Å². The second kappa shape index (κ2) is 11.0. The van der Waals surface area contributed by atoms with Crippen LogP contribution in [0.5, 0.6) is 0 Å². The van der Waals surface area contributed by atoms with E-state index in [1.54, 1.807) is 19.2 Å². The van der Waals surface area contributed by atoms with Crippen molar-refractivity contribution in [2.45, 2.75) is 56.1 Å². The van der Waals surface area contributed by atoms with Crippen LogP contribution < -0.4 is 10.2 Å². The van der Waals surface area contributed by atoms with E-state index in [1.807, 2.05) is 31.1 Å². The van der Waals surface area contributed by atoms with Gasteiger partial charge >= 0.3 is 5.97 Å². The fourth-order valence-electron chi connectivity index (χ4n) is 3.96. The molecule has 1 atom stereocenters. The van der Waals surface area contributed by atoms with Crippen molar-refractivity contribution in [3.63, 3.8) is 0 Å². The van der Waals surface area contributed by atoms with Crippen LogP contribution in [0.4, 0.5) is 11.4 Å². The predicted molar refractivity (Wildman–Crippen MR) is 133 cm³/mol. The van der Waals surface area contributed by atoms with Crippen molar-refractivity contribution in [2.24, 2.45) is 0 Å². The maximum atomic E-state index is 13.1. The Morgan fingerprint density at radius 3 is 2.26 bits per heavy atom. The lowest BCUT2D eigenvalue weighted by molar-refractivity contribution is -0.123. The highest BCUT2D eigenvalue weighted by Crippen LogP contribution is 2.27. The summed E-state index contributed by atoms with van der Waals surface area (Å²) >= 11 is 0. The Morgan fingerprint density at radius 1 is 1.00 bits per heavy atom. The van der Waals surface area contributed by atoms with E-state index in [4.69, 9.17) is 4.74 Å². The number of hydrogen-bond acceptors (Lipinski definition) is 6. The molecule has 3 rings (SSSR count). The molecule has 34 heavy (non-hydrogen) atoms. The summed E-state index contributed by atoms with van der Waals surface area (Å²) in [5.74, 6) is -1.24. The zero-order chi connectivity index (χ0) is 24.9. The van der Waals surface area contributed by atoms with E-state index in [1.165, 1.54) is 35.5 Å². The van der Waals surface area contributed by atoms with E-state index in [2.05, 4.69) is 5.32 Å². The van der Waals surface area contributed by atoms with Gasteiger partial charge in [0.15, 0.2) is 6.10 Å². The molecular formula is C25H33N3O5S. The number of carbonyl (C=O) groups is 2. The molecule has 0 spiro atoms. The Labute approximate surface area is 201 Å². The zero-order valence-corrected chi connectivity index (χ0v) is 21.0. The van der Waals surface area contributed by atoms with Gasteiger partial charge in [-0.05, 0) is 62.2 Å². The Balaban J connectivity index is 1.65. The highest BCUT2D eigenvalue weighted by Gasteiger charge is 2.30. The van der Waals surface area contributed by atoms with Crippen LogP contribution >= 0.6 is 0 Å². The van der Waals surface area contributed by atoms with Crippen molar-refractivity contribution in [3.05, 3.63) is 54.1 Å². The molecule has 0 bridgehead atoms. The smallest absolute Gasteiger partial charge is 0.338 e. The summed E-state index contributed by atoms with van der Waals surface area (Å²) in [6, 6.07) is 13.0. The van der Waals surface area contributed by atoms with Gasteiger partial charge in [0, 0.05) is 38.6 Å². The van der Waals surface area contributed by atoms with Gasteiger partial charge in [-0.25, -0.2) is 13.2 Å². The first-order valence-electron chi connectivity index (χ1n) is 11.5. The number of benzene rings is 2. The standard InChI is InChI=1S/C25H33N3O5S/c1-18(24(29)26-20-13-15-21(16-14-20)27(2)3)33-25(30)19-9-8-12-23(17-19)34(31,32)28(4)22-10-6-5-7-11-22/h8-9,12-18,22H,5-7,10-11H2,1-4H3,(H,26,29)/t18-/m0/s1. The van der Waals surface area contributed by atoms with Gasteiger partial charge in [0.2, 0.25) is 10.0 Å². The van der Waals surface area contributed by atoms with E-state index < -0.39 is 28.0 Å². The van der Waals surface area contributed by atoms with Crippen molar-refractivity contribution in [1.82, 2.24) is 4.31 Å². The van der Waals surface area contributed by atoms with Crippen LogP contribution in [-0.2, 0) is 19.6 Å². The molecular weight excluding hydrogens is 454 g/mol. The largest absolute Gasteiger partial charge is 0.449 e. The molecule has 184 valence electrons. The SMILES string of the molecule is C[C@H](OC(=O)c1cccc(S(=O)(=O)N(C)C2CCCCC2)c1)C(=O)Nc1ccc(N(C)C)cc1. The van der Waals surface area contributed by atoms with Crippen LogP contribution in [0.1, 0.15) is 49.4 Å². The molecule has 1 N–H and O–H groups in total. The van der Waals surface area contributed by atoms with Crippen LogP contribution in [0.15, 0.2) is 53.4 Å². The lowest BCUT2D eigenvalue weighted by Gasteiger charge is -2.30. The highest BCUT2D eigenvalue weighted by molar-refractivity contribution is 7.89. The number of ether oxygens (including phenoxy) is 1. The summed E-state index contributed by atoms with van der Waals surface area (Å²) in [4.78, 5) is 27.1. The lowest BCUT2D eigenvalue weighted by Crippen LogP contribution is -2.38. The first-order valence-corrected chi connectivity index (χ1v) is 12.9. The average Bonchev–Trinajstić information content (AvgIpc) is 2.84. The van der Waals surface area contributed by atoms with E-state index in [-0.39, 0.29) is 16.5 Å². The van der Waals surface area contributed by atoms with Crippen molar-refractivity contribution in [3.8, 4) is 0 Å². The topological polar surface area (TPSA) is 96.0 Å². The van der Waals surface area contributed by atoms with Crippen molar-refractivity contribution < 1.29 is 22.7 Å². The minimum Gasteiger partial charge on any atom is -0.449 e. The van der Waals surface area contributed by atoms with Crippen LogP contribution in [0.2, 0.25) is 0 Å². The molecule has 2 aromatic carbocycles. The maximum Gasteiger partial charge on any atom is 0.338 e. The Kier molecular flexibility index (Phi) is 8.33. The third-order valence-electron chi connectivity index (χ3n) is 6.14. The summed E-state index contributed by atoms with van der Waals surface area (Å²) in [7, 11) is 1.68. The van der Waals surface area contributed by atoms with Crippen LogP contribution in [-0.4, -0.2) is 57.9 Å². The number of hydrogen-bond donors (Lipinski definition) is 1. The van der Waals surface area contributed by atoms with Gasteiger partial charge in [-0.1, -0.05) is 25.3 Å². The van der Waals surface area contributed by atoms with Crippen molar-refractivity contribution >= 4 is 33.3 Å². The summed E-state index contributed by atoms with van der Waals surface area (Å²) in [6.45, 7) is 1.47. The van der Waals surface area contributed by atoms with Gasteiger partial charge in [-0.15, -0.1) is 0 Å². The fraction of sp³-hybridized carbons (Fsp3) is 0.440. The minimum absolute atomic E-state index is 0.0353. The molecule has 1 fully saturated rings. The summed E-state index contributed by atoms with van der Waals surface area (Å²) in [6.07, 6.45) is 3.75. The quantitative estimate of drug-likeness (QED) is 0.568. The lowest BCUT2D eigenvalue weighted by atomic mass is 9.96. The number of nitrogens with zero attached hydrogens (tertiary/aromatic N) is 2. The predicted octanol–water partition coefficient (Wildman–Crippen LogP) is 3.89. The van der Waals surface area contributed by atoms with Gasteiger partial charge in [-0.2, -0.15) is 4.31 Å². The normalized spacial score (nSPS) is 15.6. The first-order chi connectivity index (χ1) is 16.1. The molecule has 0 aromatic heterocycles. The van der Waals surface area contributed by atoms with E-state index in [0.717, 1.165) is 37.8 Å². The number of anilines is 2. The maximum absolute atomic E-state index is 13.1. The number of nitrogens with one attached hydrogen (secondary N) is 1. The number of esters is 1. The van der Waals surface area contributed by atoms with Gasteiger partial charge in [0.05, 0.1) is 10.5 Å². The monoisotopic (exact) mass is 487 g/mol. The van der Waals surface area contributed by atoms with Crippen LogP contribution in [0.3, 0.4) is 0 Å².